The van der Waals surface area contributed by atoms with Crippen LogP contribution in [0.1, 0.15) is 6.92 Å². The zero-order valence-electron chi connectivity index (χ0n) is 10.5. The molecule has 1 N–H and O–H groups in total. The normalized spacial score (nSPS) is 16.3. The molecule has 0 aliphatic carbocycles. The predicted molar refractivity (Wildman–Crippen MR) is 71.7 cm³/mol. The second-order valence-corrected chi connectivity index (χ2v) is 4.33. The number of aromatic hydroxyl groups is 1. The predicted octanol–water partition coefficient (Wildman–Crippen LogP) is 1.62. The van der Waals surface area contributed by atoms with E-state index in [1.165, 1.54) is 0 Å². The lowest BCUT2D eigenvalue weighted by molar-refractivity contribution is -0.126. The van der Waals surface area contributed by atoms with E-state index in [0.29, 0.717) is 0 Å². The van der Waals surface area contributed by atoms with Crippen molar-refractivity contribution in [3.8, 4) is 5.75 Å². The van der Waals surface area contributed by atoms with Crippen LogP contribution in [0, 0.1) is 0 Å². The van der Waals surface area contributed by atoms with Gasteiger partial charge in [0.15, 0.2) is 0 Å². The van der Waals surface area contributed by atoms with E-state index in [1.807, 2.05) is 24.0 Å². The SMILES string of the molecule is CC=CC(=O)N1CCN(c2ccc(O)cc2)CC1. The van der Waals surface area contributed by atoms with E-state index in [9.17, 15) is 9.90 Å². The summed E-state index contributed by atoms with van der Waals surface area (Å²) in [4.78, 5) is 15.8. The van der Waals surface area contributed by atoms with Crippen LogP contribution in [0.25, 0.3) is 0 Å². The first-order valence-electron chi connectivity index (χ1n) is 6.16. The molecule has 4 nitrogen and oxygen atoms in total. The van der Waals surface area contributed by atoms with E-state index in [4.69, 9.17) is 0 Å². The highest BCUT2D eigenvalue weighted by Gasteiger charge is 2.19. The van der Waals surface area contributed by atoms with Gasteiger partial charge in [0.05, 0.1) is 0 Å². The lowest BCUT2D eigenvalue weighted by Crippen LogP contribution is -2.48. The van der Waals surface area contributed by atoms with Crippen LogP contribution >= 0.6 is 0 Å². The van der Waals surface area contributed by atoms with Crippen LogP contribution in [0.15, 0.2) is 36.4 Å². The van der Waals surface area contributed by atoms with E-state index < -0.39 is 0 Å². The molecule has 1 aromatic rings. The Morgan fingerprint density at radius 1 is 1.17 bits per heavy atom. The average molecular weight is 246 g/mol. The first-order chi connectivity index (χ1) is 8.70. The molecular weight excluding hydrogens is 228 g/mol. The lowest BCUT2D eigenvalue weighted by Gasteiger charge is -2.35. The maximum Gasteiger partial charge on any atom is 0.246 e. The van der Waals surface area contributed by atoms with Gasteiger partial charge in [0.25, 0.3) is 0 Å². The molecule has 1 aromatic carbocycles. The molecule has 1 amide bonds. The molecule has 1 aliphatic heterocycles. The smallest absolute Gasteiger partial charge is 0.246 e. The highest BCUT2D eigenvalue weighted by atomic mass is 16.3. The summed E-state index contributed by atoms with van der Waals surface area (Å²) in [6, 6.07) is 7.18. The largest absolute Gasteiger partial charge is 0.508 e. The molecule has 96 valence electrons. The molecule has 1 heterocycles. The van der Waals surface area contributed by atoms with Gasteiger partial charge < -0.3 is 14.9 Å². The number of carbonyl (C=O) groups excluding carboxylic acids is 1. The average Bonchev–Trinajstić information content (AvgIpc) is 2.40. The summed E-state index contributed by atoms with van der Waals surface area (Å²) >= 11 is 0. The van der Waals surface area contributed by atoms with Crippen LogP contribution < -0.4 is 4.90 Å². The summed E-state index contributed by atoms with van der Waals surface area (Å²) in [6.45, 7) is 4.99. The summed E-state index contributed by atoms with van der Waals surface area (Å²) < 4.78 is 0. The number of allylic oxidation sites excluding steroid dienone is 1. The van der Waals surface area contributed by atoms with Crippen LogP contribution in [0.5, 0.6) is 5.75 Å². The molecule has 4 heteroatoms. The van der Waals surface area contributed by atoms with Crippen molar-refractivity contribution in [3.05, 3.63) is 36.4 Å². The molecule has 18 heavy (non-hydrogen) atoms. The van der Waals surface area contributed by atoms with Crippen LogP contribution in [-0.4, -0.2) is 42.1 Å². The number of phenolic OH excluding ortho intramolecular Hbond substituents is 1. The standard InChI is InChI=1S/C14H18N2O2/c1-2-3-14(18)16-10-8-15(9-11-16)12-4-6-13(17)7-5-12/h2-7,17H,8-11H2,1H3. The Balaban J connectivity index is 1.94. The van der Waals surface area contributed by atoms with Crippen LogP contribution in [0.3, 0.4) is 0 Å². The van der Waals surface area contributed by atoms with Crippen molar-refractivity contribution < 1.29 is 9.90 Å². The van der Waals surface area contributed by atoms with E-state index in [1.54, 1.807) is 24.3 Å². The summed E-state index contributed by atoms with van der Waals surface area (Å²) in [5, 5.41) is 9.25. The minimum Gasteiger partial charge on any atom is -0.508 e. The second-order valence-electron chi connectivity index (χ2n) is 4.33. The Bertz CT molecular complexity index is 432. The minimum absolute atomic E-state index is 0.0860. The summed E-state index contributed by atoms with van der Waals surface area (Å²) in [7, 11) is 0. The number of anilines is 1. The van der Waals surface area contributed by atoms with Gasteiger partial charge in [-0.25, -0.2) is 0 Å². The van der Waals surface area contributed by atoms with Crippen LogP contribution in [-0.2, 0) is 4.79 Å². The topological polar surface area (TPSA) is 43.8 Å². The fourth-order valence-corrected chi connectivity index (χ4v) is 2.10. The Labute approximate surface area is 107 Å². The molecule has 0 aromatic heterocycles. The minimum atomic E-state index is 0.0860. The highest BCUT2D eigenvalue weighted by molar-refractivity contribution is 5.87. The van der Waals surface area contributed by atoms with E-state index in [-0.39, 0.29) is 11.7 Å². The summed E-state index contributed by atoms with van der Waals surface area (Å²) in [5.41, 5.74) is 1.09. The zero-order chi connectivity index (χ0) is 13.0. The quantitative estimate of drug-likeness (QED) is 0.806. The number of hydrogen-bond donors (Lipinski definition) is 1. The van der Waals surface area contributed by atoms with Crippen LogP contribution in [0.2, 0.25) is 0 Å². The molecule has 0 atom stereocenters. The number of phenols is 1. The Hall–Kier alpha value is -1.97. The van der Waals surface area contributed by atoms with Crippen LogP contribution in [0.4, 0.5) is 5.69 Å². The third-order valence-electron chi connectivity index (χ3n) is 3.12. The van der Waals surface area contributed by atoms with E-state index >= 15 is 0 Å². The lowest BCUT2D eigenvalue weighted by atomic mass is 10.2. The van der Waals surface area contributed by atoms with Crippen molar-refractivity contribution in [3.63, 3.8) is 0 Å². The fourth-order valence-electron chi connectivity index (χ4n) is 2.10. The maximum atomic E-state index is 11.7. The maximum absolute atomic E-state index is 11.7. The molecule has 0 bridgehead atoms. The van der Waals surface area contributed by atoms with Gasteiger partial charge in [0.2, 0.25) is 5.91 Å². The number of amides is 1. The molecule has 0 spiro atoms. The highest BCUT2D eigenvalue weighted by Crippen LogP contribution is 2.19. The first kappa shape index (κ1) is 12.5. The number of piperazine rings is 1. The Kier molecular flexibility index (Phi) is 3.87. The first-order valence-corrected chi connectivity index (χ1v) is 6.16. The number of nitrogens with zero attached hydrogens (tertiary/aromatic N) is 2. The summed E-state index contributed by atoms with van der Waals surface area (Å²) in [5.74, 6) is 0.364. The Morgan fingerprint density at radius 3 is 2.33 bits per heavy atom. The zero-order valence-corrected chi connectivity index (χ0v) is 10.5. The van der Waals surface area contributed by atoms with Gasteiger partial charge in [-0.3, -0.25) is 4.79 Å². The van der Waals surface area contributed by atoms with Gasteiger partial charge in [-0.1, -0.05) is 6.08 Å². The third-order valence-corrected chi connectivity index (χ3v) is 3.12. The van der Waals surface area contributed by atoms with E-state index in [2.05, 4.69) is 4.90 Å². The van der Waals surface area contributed by atoms with Crippen molar-refractivity contribution in [1.82, 2.24) is 4.90 Å². The van der Waals surface area contributed by atoms with Crippen molar-refractivity contribution in [2.45, 2.75) is 6.92 Å². The number of carbonyl (C=O) groups is 1. The molecular formula is C14H18N2O2. The molecule has 1 fully saturated rings. The molecule has 0 unspecified atom stereocenters. The van der Waals surface area contributed by atoms with Crippen molar-refractivity contribution in [2.24, 2.45) is 0 Å². The number of hydrogen-bond acceptors (Lipinski definition) is 3. The molecule has 0 radical (unpaired) electrons. The van der Waals surface area contributed by atoms with Crippen molar-refractivity contribution >= 4 is 11.6 Å². The van der Waals surface area contributed by atoms with Gasteiger partial charge in [-0.2, -0.15) is 0 Å². The fraction of sp³-hybridized carbons (Fsp3) is 0.357. The van der Waals surface area contributed by atoms with E-state index in [0.717, 1.165) is 31.9 Å². The monoisotopic (exact) mass is 246 g/mol. The molecule has 2 rings (SSSR count). The molecule has 0 saturated carbocycles. The van der Waals surface area contributed by atoms with Gasteiger partial charge in [0, 0.05) is 31.9 Å². The Morgan fingerprint density at radius 2 is 1.78 bits per heavy atom. The number of rotatable bonds is 2. The molecule has 1 saturated heterocycles. The van der Waals surface area contributed by atoms with Crippen molar-refractivity contribution in [2.75, 3.05) is 31.1 Å². The molecule has 1 aliphatic rings. The third kappa shape index (κ3) is 2.83. The number of benzene rings is 1. The van der Waals surface area contributed by atoms with Gasteiger partial charge in [-0.05, 0) is 37.3 Å². The van der Waals surface area contributed by atoms with Gasteiger partial charge in [-0.15, -0.1) is 0 Å². The second kappa shape index (κ2) is 5.58. The van der Waals surface area contributed by atoms with Gasteiger partial charge >= 0.3 is 0 Å². The summed E-state index contributed by atoms with van der Waals surface area (Å²) in [6.07, 6.45) is 3.38. The van der Waals surface area contributed by atoms with Crippen molar-refractivity contribution in [1.29, 1.82) is 0 Å². The van der Waals surface area contributed by atoms with Gasteiger partial charge in [0.1, 0.15) is 5.75 Å².